The molecule has 0 radical (unpaired) electrons. The van der Waals surface area contributed by atoms with Gasteiger partial charge in [0, 0.05) is 17.8 Å². The third kappa shape index (κ3) is 4.57. The second-order valence-electron chi connectivity index (χ2n) is 4.86. The van der Waals surface area contributed by atoms with Gasteiger partial charge in [-0.3, -0.25) is 9.59 Å². The summed E-state index contributed by atoms with van der Waals surface area (Å²) < 4.78 is 5.46. The molecule has 0 unspecified atom stereocenters. The summed E-state index contributed by atoms with van der Waals surface area (Å²) in [5.74, 6) is 0.270. The van der Waals surface area contributed by atoms with Crippen LogP contribution < -0.4 is 15.4 Å². The van der Waals surface area contributed by atoms with Crippen LogP contribution in [-0.4, -0.2) is 18.4 Å². The molecule has 2 amide bonds. The van der Waals surface area contributed by atoms with Crippen LogP contribution in [0.25, 0.3) is 0 Å². The Morgan fingerprint density at radius 1 is 0.913 bits per heavy atom. The molecular weight excluding hydrogens is 292 g/mol. The van der Waals surface area contributed by atoms with Crippen molar-refractivity contribution in [1.82, 2.24) is 0 Å². The van der Waals surface area contributed by atoms with E-state index in [9.17, 15) is 9.59 Å². The van der Waals surface area contributed by atoms with Crippen molar-refractivity contribution in [3.05, 3.63) is 54.1 Å². The van der Waals surface area contributed by atoms with Gasteiger partial charge in [-0.1, -0.05) is 19.1 Å². The summed E-state index contributed by atoms with van der Waals surface area (Å²) >= 11 is 0. The number of para-hydroxylation sites is 1. The summed E-state index contributed by atoms with van der Waals surface area (Å²) in [6.45, 7) is 4.16. The monoisotopic (exact) mass is 312 g/mol. The Morgan fingerprint density at radius 2 is 1.52 bits per heavy atom. The minimum Gasteiger partial charge on any atom is -0.493 e. The highest BCUT2D eigenvalue weighted by Crippen LogP contribution is 2.20. The van der Waals surface area contributed by atoms with Crippen LogP contribution in [0.2, 0.25) is 0 Å². The van der Waals surface area contributed by atoms with E-state index in [2.05, 4.69) is 10.6 Å². The number of carbonyl (C=O) groups is 2. The van der Waals surface area contributed by atoms with E-state index in [-0.39, 0.29) is 11.8 Å². The third-order valence-corrected chi connectivity index (χ3v) is 3.18. The Hall–Kier alpha value is -2.82. The van der Waals surface area contributed by atoms with E-state index in [0.717, 1.165) is 0 Å². The highest BCUT2D eigenvalue weighted by molar-refractivity contribution is 6.06. The molecule has 0 fully saturated rings. The van der Waals surface area contributed by atoms with Crippen molar-refractivity contribution < 1.29 is 14.3 Å². The van der Waals surface area contributed by atoms with Crippen LogP contribution >= 0.6 is 0 Å². The first-order valence-corrected chi connectivity index (χ1v) is 7.57. The first kappa shape index (κ1) is 16.5. The van der Waals surface area contributed by atoms with Gasteiger partial charge in [0.2, 0.25) is 5.91 Å². The molecule has 5 nitrogen and oxygen atoms in total. The van der Waals surface area contributed by atoms with Gasteiger partial charge in [-0.05, 0) is 43.3 Å². The van der Waals surface area contributed by atoms with E-state index in [4.69, 9.17) is 4.74 Å². The number of rotatable bonds is 6. The molecule has 0 saturated carbocycles. The highest BCUT2D eigenvalue weighted by Gasteiger charge is 2.12. The van der Waals surface area contributed by atoms with E-state index in [1.54, 1.807) is 49.4 Å². The maximum atomic E-state index is 12.4. The number of anilines is 2. The van der Waals surface area contributed by atoms with Gasteiger partial charge in [-0.2, -0.15) is 0 Å². The topological polar surface area (TPSA) is 67.4 Å². The van der Waals surface area contributed by atoms with Gasteiger partial charge in [0.1, 0.15) is 5.75 Å². The molecule has 2 rings (SSSR count). The zero-order valence-corrected chi connectivity index (χ0v) is 13.3. The fraction of sp³-hybridized carbons (Fsp3) is 0.222. The quantitative estimate of drug-likeness (QED) is 0.855. The number of benzene rings is 2. The molecule has 0 bridgehead atoms. The Labute approximate surface area is 135 Å². The van der Waals surface area contributed by atoms with Crippen LogP contribution in [0.4, 0.5) is 11.4 Å². The summed E-state index contributed by atoms with van der Waals surface area (Å²) in [4.78, 5) is 23.7. The molecule has 0 aliphatic carbocycles. The lowest BCUT2D eigenvalue weighted by Gasteiger charge is -2.11. The van der Waals surface area contributed by atoms with Crippen molar-refractivity contribution in [2.45, 2.75) is 20.3 Å². The Balaban J connectivity index is 2.07. The van der Waals surface area contributed by atoms with Crippen LogP contribution in [0.5, 0.6) is 5.75 Å². The van der Waals surface area contributed by atoms with E-state index in [0.29, 0.717) is 35.7 Å². The van der Waals surface area contributed by atoms with Crippen molar-refractivity contribution in [2.75, 3.05) is 17.2 Å². The normalized spacial score (nSPS) is 10.0. The number of hydrogen-bond acceptors (Lipinski definition) is 3. The first-order chi connectivity index (χ1) is 11.1. The molecule has 0 aliphatic rings. The van der Waals surface area contributed by atoms with Gasteiger partial charge in [-0.25, -0.2) is 0 Å². The van der Waals surface area contributed by atoms with Crippen LogP contribution in [-0.2, 0) is 4.79 Å². The zero-order valence-electron chi connectivity index (χ0n) is 13.3. The average Bonchev–Trinajstić information content (AvgIpc) is 2.57. The smallest absolute Gasteiger partial charge is 0.259 e. The van der Waals surface area contributed by atoms with Crippen molar-refractivity contribution in [3.8, 4) is 5.75 Å². The second-order valence-corrected chi connectivity index (χ2v) is 4.86. The molecule has 2 aromatic rings. The minimum absolute atomic E-state index is 0.0487. The average molecular weight is 312 g/mol. The van der Waals surface area contributed by atoms with E-state index in [1.165, 1.54) is 0 Å². The molecule has 2 N–H and O–H groups in total. The summed E-state index contributed by atoms with van der Waals surface area (Å²) in [6, 6.07) is 14.1. The zero-order chi connectivity index (χ0) is 16.7. The van der Waals surface area contributed by atoms with Gasteiger partial charge in [0.05, 0.1) is 12.2 Å². The summed E-state index contributed by atoms with van der Waals surface area (Å²) in [6.07, 6.45) is 0.423. The van der Waals surface area contributed by atoms with Crippen LogP contribution in [0.1, 0.15) is 30.6 Å². The number of carbonyl (C=O) groups excluding carboxylic acids is 2. The molecule has 23 heavy (non-hydrogen) atoms. The van der Waals surface area contributed by atoms with Gasteiger partial charge in [0.25, 0.3) is 5.91 Å². The van der Waals surface area contributed by atoms with Crippen molar-refractivity contribution in [2.24, 2.45) is 0 Å². The lowest BCUT2D eigenvalue weighted by Crippen LogP contribution is -2.14. The summed E-state index contributed by atoms with van der Waals surface area (Å²) in [5, 5.41) is 5.58. The fourth-order valence-electron chi connectivity index (χ4n) is 2.02. The molecule has 0 aliphatic heterocycles. The van der Waals surface area contributed by atoms with Gasteiger partial charge in [-0.15, -0.1) is 0 Å². The van der Waals surface area contributed by atoms with Crippen molar-refractivity contribution >= 4 is 23.2 Å². The molecule has 5 heteroatoms. The highest BCUT2D eigenvalue weighted by atomic mass is 16.5. The van der Waals surface area contributed by atoms with Crippen LogP contribution in [0.15, 0.2) is 48.5 Å². The standard InChI is InChI=1S/C18H20N2O3/c1-3-17(21)19-13-9-11-14(12-10-13)20-18(22)15-7-5-6-8-16(15)23-4-2/h5-12H,3-4H2,1-2H3,(H,19,21)(H,20,22). The van der Waals surface area contributed by atoms with Crippen molar-refractivity contribution in [1.29, 1.82) is 0 Å². The van der Waals surface area contributed by atoms with Gasteiger partial charge < -0.3 is 15.4 Å². The molecule has 2 aromatic carbocycles. The summed E-state index contributed by atoms with van der Waals surface area (Å²) in [7, 11) is 0. The Bertz CT molecular complexity index is 681. The first-order valence-electron chi connectivity index (χ1n) is 7.57. The van der Waals surface area contributed by atoms with Gasteiger partial charge >= 0.3 is 0 Å². The molecule has 0 heterocycles. The third-order valence-electron chi connectivity index (χ3n) is 3.18. The van der Waals surface area contributed by atoms with Gasteiger partial charge in [0.15, 0.2) is 0 Å². The molecule has 0 spiro atoms. The molecular formula is C18H20N2O3. The van der Waals surface area contributed by atoms with Crippen molar-refractivity contribution in [3.63, 3.8) is 0 Å². The number of nitrogens with one attached hydrogen (secondary N) is 2. The fourth-order valence-corrected chi connectivity index (χ4v) is 2.02. The van der Waals surface area contributed by atoms with E-state index >= 15 is 0 Å². The number of hydrogen-bond donors (Lipinski definition) is 2. The Kier molecular flexibility index (Phi) is 5.74. The lowest BCUT2D eigenvalue weighted by atomic mass is 10.2. The molecule has 0 atom stereocenters. The maximum absolute atomic E-state index is 12.4. The van der Waals surface area contributed by atoms with E-state index in [1.807, 2.05) is 13.0 Å². The predicted molar refractivity (Wildman–Crippen MR) is 90.9 cm³/mol. The Morgan fingerprint density at radius 3 is 2.13 bits per heavy atom. The summed E-state index contributed by atoms with van der Waals surface area (Å²) in [5.41, 5.74) is 1.83. The largest absolute Gasteiger partial charge is 0.493 e. The molecule has 0 saturated heterocycles. The predicted octanol–water partition coefficient (Wildman–Crippen LogP) is 3.69. The molecule has 0 aromatic heterocycles. The van der Waals surface area contributed by atoms with Crippen LogP contribution in [0.3, 0.4) is 0 Å². The maximum Gasteiger partial charge on any atom is 0.259 e. The number of ether oxygens (including phenoxy) is 1. The lowest BCUT2D eigenvalue weighted by molar-refractivity contribution is -0.115. The number of amides is 2. The van der Waals surface area contributed by atoms with E-state index < -0.39 is 0 Å². The van der Waals surface area contributed by atoms with Crippen LogP contribution in [0, 0.1) is 0 Å². The molecule has 120 valence electrons. The SMILES string of the molecule is CCOc1ccccc1C(=O)Nc1ccc(NC(=O)CC)cc1. The second kappa shape index (κ2) is 7.98. The minimum atomic E-state index is -0.237.